The van der Waals surface area contributed by atoms with E-state index < -0.39 is 30.8 Å². The number of halogens is 1. The second kappa shape index (κ2) is 18.4. The SMILES string of the molecule is CCOC(C)O[C@H](/C=C/[C@@H]1[C@@H](C/C=C\CCCC(=O)O)[C@@H](O)C[C@H]1OC(C)OCC)COc1cccc(Cl)c1. The van der Waals surface area contributed by atoms with Crippen LogP contribution in [-0.2, 0) is 23.7 Å². The quantitative estimate of drug-likeness (QED) is 0.119. The normalized spacial score (nSPS) is 23.8. The second-order valence-corrected chi connectivity index (χ2v) is 10.0. The van der Waals surface area contributed by atoms with Gasteiger partial charge in [-0.05, 0) is 71.1 Å². The Kier molecular flexibility index (Phi) is 15.7. The van der Waals surface area contributed by atoms with Crippen molar-refractivity contribution in [1.29, 1.82) is 0 Å². The fourth-order valence-electron chi connectivity index (χ4n) is 4.74. The Hall–Kier alpha value is -1.94. The largest absolute Gasteiger partial charge is 0.490 e. The summed E-state index contributed by atoms with van der Waals surface area (Å²) in [7, 11) is 0. The van der Waals surface area contributed by atoms with Gasteiger partial charge in [-0.1, -0.05) is 42.0 Å². The first-order valence-electron chi connectivity index (χ1n) is 13.9. The molecule has 2 unspecified atom stereocenters. The summed E-state index contributed by atoms with van der Waals surface area (Å²) in [6, 6.07) is 7.20. The van der Waals surface area contributed by atoms with Crippen LogP contribution >= 0.6 is 11.6 Å². The summed E-state index contributed by atoms with van der Waals surface area (Å²) < 4.78 is 29.5. The van der Waals surface area contributed by atoms with Gasteiger partial charge in [-0.25, -0.2) is 0 Å². The van der Waals surface area contributed by atoms with E-state index in [0.29, 0.717) is 49.7 Å². The van der Waals surface area contributed by atoms with Gasteiger partial charge in [0.25, 0.3) is 0 Å². The minimum absolute atomic E-state index is 0.0744. The summed E-state index contributed by atoms with van der Waals surface area (Å²) in [4.78, 5) is 10.7. The molecule has 0 spiro atoms. The lowest BCUT2D eigenvalue weighted by atomic mass is 9.89. The number of hydrogen-bond acceptors (Lipinski definition) is 7. The lowest BCUT2D eigenvalue weighted by Crippen LogP contribution is -2.29. The Morgan fingerprint density at radius 2 is 1.90 bits per heavy atom. The van der Waals surface area contributed by atoms with Crippen molar-refractivity contribution in [2.45, 2.75) is 90.7 Å². The Morgan fingerprint density at radius 3 is 2.59 bits per heavy atom. The zero-order chi connectivity index (χ0) is 28.6. The van der Waals surface area contributed by atoms with Crippen LogP contribution < -0.4 is 4.74 Å². The van der Waals surface area contributed by atoms with E-state index in [1.807, 2.05) is 64.1 Å². The molecule has 2 rings (SSSR count). The molecule has 0 bridgehead atoms. The van der Waals surface area contributed by atoms with Crippen LogP contribution in [0.1, 0.15) is 59.8 Å². The first kappa shape index (κ1) is 33.3. The maximum atomic E-state index is 11.0. The number of benzene rings is 1. The molecule has 1 aromatic rings. The third-order valence-electron chi connectivity index (χ3n) is 6.52. The molecule has 9 heteroatoms. The van der Waals surface area contributed by atoms with Crippen molar-refractivity contribution in [3.8, 4) is 5.75 Å². The molecule has 0 heterocycles. The lowest BCUT2D eigenvalue weighted by Gasteiger charge is -2.26. The van der Waals surface area contributed by atoms with Crippen molar-refractivity contribution in [3.63, 3.8) is 0 Å². The molecular formula is C30H45ClO8. The van der Waals surface area contributed by atoms with Crippen LogP contribution in [-0.4, -0.2) is 66.9 Å². The predicted molar refractivity (Wildman–Crippen MR) is 151 cm³/mol. The second-order valence-electron chi connectivity index (χ2n) is 9.59. The number of carboxylic acids is 1. The molecule has 1 aromatic carbocycles. The van der Waals surface area contributed by atoms with Crippen molar-refractivity contribution in [2.75, 3.05) is 19.8 Å². The van der Waals surface area contributed by atoms with E-state index in [-0.39, 0.29) is 31.0 Å². The molecule has 1 aliphatic rings. The fraction of sp³-hybridized carbons (Fsp3) is 0.633. The number of hydrogen-bond donors (Lipinski definition) is 2. The standard InChI is InChI=1S/C30H45ClO8/c1-5-35-21(3)38-25(20-37-24-13-11-12-23(31)18-24)16-17-27-26(14-9-7-8-10-15-30(33)34)28(32)19-29(27)39-22(4)36-6-2/h7,9,11-13,16-18,21-22,25-29,32H,5-6,8,10,14-15,19-20H2,1-4H3,(H,33,34)/b9-7-,17-16+/t21?,22?,25-,26-,27-,28+,29-/m1/s1. The smallest absolute Gasteiger partial charge is 0.303 e. The van der Waals surface area contributed by atoms with Crippen LogP contribution in [0.15, 0.2) is 48.6 Å². The molecule has 0 radical (unpaired) electrons. The summed E-state index contributed by atoms with van der Waals surface area (Å²) in [5, 5.41) is 20.4. The molecule has 7 atom stereocenters. The first-order valence-corrected chi connectivity index (χ1v) is 14.3. The monoisotopic (exact) mass is 568 g/mol. The average Bonchev–Trinajstić information content (AvgIpc) is 3.16. The summed E-state index contributed by atoms with van der Waals surface area (Å²) >= 11 is 6.10. The van der Waals surface area contributed by atoms with E-state index in [9.17, 15) is 9.90 Å². The molecule has 0 saturated heterocycles. The van der Waals surface area contributed by atoms with Crippen molar-refractivity contribution >= 4 is 17.6 Å². The Bertz CT molecular complexity index is 891. The van der Waals surface area contributed by atoms with Crippen LogP contribution in [0.5, 0.6) is 5.75 Å². The molecule has 39 heavy (non-hydrogen) atoms. The number of unbranched alkanes of at least 4 members (excludes halogenated alkanes) is 1. The maximum absolute atomic E-state index is 11.0. The molecular weight excluding hydrogens is 524 g/mol. The zero-order valence-electron chi connectivity index (χ0n) is 23.5. The van der Waals surface area contributed by atoms with Crippen LogP contribution in [0.2, 0.25) is 5.02 Å². The van der Waals surface area contributed by atoms with Gasteiger partial charge in [0.1, 0.15) is 18.5 Å². The van der Waals surface area contributed by atoms with E-state index in [2.05, 4.69) is 0 Å². The minimum atomic E-state index is -0.794. The molecule has 220 valence electrons. The van der Waals surface area contributed by atoms with Gasteiger partial charge in [-0.3, -0.25) is 4.79 Å². The lowest BCUT2D eigenvalue weighted by molar-refractivity contribution is -0.163. The zero-order valence-corrected chi connectivity index (χ0v) is 24.3. The van der Waals surface area contributed by atoms with Crippen LogP contribution in [0.4, 0.5) is 0 Å². The number of aliphatic carboxylic acids is 1. The predicted octanol–water partition coefficient (Wildman–Crippen LogP) is 6.01. The maximum Gasteiger partial charge on any atom is 0.303 e. The average molecular weight is 569 g/mol. The van der Waals surface area contributed by atoms with E-state index in [4.69, 9.17) is 40.4 Å². The van der Waals surface area contributed by atoms with Crippen LogP contribution in [0, 0.1) is 11.8 Å². The highest BCUT2D eigenvalue weighted by atomic mass is 35.5. The van der Waals surface area contributed by atoms with Gasteiger partial charge in [0.05, 0.1) is 12.2 Å². The Morgan fingerprint density at radius 1 is 1.15 bits per heavy atom. The van der Waals surface area contributed by atoms with Gasteiger partial charge in [0.2, 0.25) is 0 Å². The fourth-order valence-corrected chi connectivity index (χ4v) is 4.92. The molecule has 0 aliphatic heterocycles. The number of carbonyl (C=O) groups is 1. The highest BCUT2D eigenvalue weighted by Gasteiger charge is 2.42. The van der Waals surface area contributed by atoms with Gasteiger partial charge in [0.15, 0.2) is 12.6 Å². The number of ether oxygens (including phenoxy) is 5. The van der Waals surface area contributed by atoms with Crippen molar-refractivity contribution in [3.05, 3.63) is 53.6 Å². The van der Waals surface area contributed by atoms with Gasteiger partial charge < -0.3 is 33.9 Å². The Balaban J connectivity index is 2.17. The highest BCUT2D eigenvalue weighted by molar-refractivity contribution is 6.30. The van der Waals surface area contributed by atoms with Crippen molar-refractivity contribution < 1.29 is 38.7 Å². The molecule has 0 amide bonds. The van der Waals surface area contributed by atoms with E-state index in [0.717, 1.165) is 0 Å². The van der Waals surface area contributed by atoms with Crippen LogP contribution in [0.3, 0.4) is 0 Å². The number of carboxylic acid groups (broad SMARTS) is 1. The number of rotatable bonds is 19. The van der Waals surface area contributed by atoms with Crippen molar-refractivity contribution in [2.24, 2.45) is 11.8 Å². The summed E-state index contributed by atoms with van der Waals surface area (Å²) in [5.41, 5.74) is 0. The van der Waals surface area contributed by atoms with E-state index >= 15 is 0 Å². The third-order valence-corrected chi connectivity index (χ3v) is 6.76. The van der Waals surface area contributed by atoms with Gasteiger partial charge in [-0.15, -0.1) is 0 Å². The summed E-state index contributed by atoms with van der Waals surface area (Å²) in [5.74, 6) is -0.318. The minimum Gasteiger partial charge on any atom is -0.490 e. The summed E-state index contributed by atoms with van der Waals surface area (Å²) in [6.07, 6.45) is 8.53. The topological polar surface area (TPSA) is 104 Å². The molecule has 0 aromatic heterocycles. The molecule has 8 nitrogen and oxygen atoms in total. The van der Waals surface area contributed by atoms with Gasteiger partial charge >= 0.3 is 5.97 Å². The van der Waals surface area contributed by atoms with E-state index in [1.165, 1.54) is 0 Å². The molecule has 1 saturated carbocycles. The van der Waals surface area contributed by atoms with Crippen molar-refractivity contribution in [1.82, 2.24) is 0 Å². The highest BCUT2D eigenvalue weighted by Crippen LogP contribution is 2.39. The first-order chi connectivity index (χ1) is 18.7. The molecule has 1 aliphatic carbocycles. The third kappa shape index (κ3) is 12.8. The number of allylic oxidation sites excluding steroid dienone is 2. The molecule has 2 N–H and O–H groups in total. The number of aliphatic hydroxyl groups is 1. The van der Waals surface area contributed by atoms with Crippen LogP contribution in [0.25, 0.3) is 0 Å². The van der Waals surface area contributed by atoms with Gasteiger partial charge in [-0.2, -0.15) is 0 Å². The summed E-state index contributed by atoms with van der Waals surface area (Å²) in [6.45, 7) is 8.84. The molecule has 1 fully saturated rings. The Labute approximate surface area is 237 Å². The number of aliphatic hydroxyl groups excluding tert-OH is 1. The van der Waals surface area contributed by atoms with Gasteiger partial charge in [0, 0.05) is 37.0 Å². The van der Waals surface area contributed by atoms with E-state index in [1.54, 1.807) is 12.1 Å².